The van der Waals surface area contributed by atoms with Crippen molar-refractivity contribution in [2.24, 2.45) is 0 Å². The van der Waals surface area contributed by atoms with Gasteiger partial charge in [0.25, 0.3) is 5.91 Å². The molecule has 2 aromatic heterocycles. The SMILES string of the molecule is COC(=O)c1cc(CN(C)C(=O)c2csc(-c3ccc(C(C)C)cc3)n2)oc1C. The second-order valence-corrected chi connectivity index (χ2v) is 8.01. The van der Waals surface area contributed by atoms with Crippen molar-refractivity contribution in [3.05, 3.63) is 64.1 Å². The molecule has 152 valence electrons. The number of carbonyl (C=O) groups excluding carboxylic acids is 2. The Morgan fingerprint density at radius 3 is 2.55 bits per heavy atom. The Morgan fingerprint density at radius 1 is 1.24 bits per heavy atom. The summed E-state index contributed by atoms with van der Waals surface area (Å²) in [7, 11) is 2.99. The quantitative estimate of drug-likeness (QED) is 0.539. The predicted molar refractivity (Wildman–Crippen MR) is 112 cm³/mol. The minimum absolute atomic E-state index is 0.208. The maximum atomic E-state index is 12.8. The first-order valence-corrected chi connectivity index (χ1v) is 10.2. The maximum Gasteiger partial charge on any atom is 0.341 e. The Kier molecular flexibility index (Phi) is 6.17. The van der Waals surface area contributed by atoms with E-state index in [1.165, 1.54) is 28.9 Å². The fourth-order valence-corrected chi connectivity index (χ4v) is 3.75. The average Bonchev–Trinajstić information content (AvgIpc) is 3.33. The van der Waals surface area contributed by atoms with Crippen molar-refractivity contribution in [3.63, 3.8) is 0 Å². The lowest BCUT2D eigenvalue weighted by Gasteiger charge is -2.14. The number of aryl methyl sites for hydroxylation is 1. The Morgan fingerprint density at radius 2 is 1.93 bits per heavy atom. The second-order valence-electron chi connectivity index (χ2n) is 7.15. The highest BCUT2D eigenvalue weighted by molar-refractivity contribution is 7.13. The topological polar surface area (TPSA) is 72.6 Å². The Labute approximate surface area is 174 Å². The van der Waals surface area contributed by atoms with E-state index in [0.29, 0.717) is 28.7 Å². The van der Waals surface area contributed by atoms with E-state index in [0.717, 1.165) is 10.6 Å². The molecule has 0 unspecified atom stereocenters. The molecule has 0 N–H and O–H groups in total. The summed E-state index contributed by atoms with van der Waals surface area (Å²) in [6.07, 6.45) is 0. The largest absolute Gasteiger partial charge is 0.465 e. The fraction of sp³-hybridized carbons (Fsp3) is 0.318. The minimum atomic E-state index is -0.459. The van der Waals surface area contributed by atoms with Gasteiger partial charge in [-0.15, -0.1) is 11.3 Å². The molecule has 29 heavy (non-hydrogen) atoms. The molecule has 3 aromatic rings. The van der Waals surface area contributed by atoms with Gasteiger partial charge in [-0.2, -0.15) is 0 Å². The first-order valence-electron chi connectivity index (χ1n) is 9.29. The van der Waals surface area contributed by atoms with E-state index in [1.54, 1.807) is 25.4 Å². The summed E-state index contributed by atoms with van der Waals surface area (Å²) in [6, 6.07) is 9.85. The van der Waals surface area contributed by atoms with Crippen molar-refractivity contribution >= 4 is 23.2 Å². The molecule has 0 spiro atoms. The van der Waals surface area contributed by atoms with Gasteiger partial charge in [-0.05, 0) is 24.5 Å². The van der Waals surface area contributed by atoms with E-state index in [4.69, 9.17) is 9.15 Å². The number of rotatable bonds is 6. The maximum absolute atomic E-state index is 12.8. The van der Waals surface area contributed by atoms with Gasteiger partial charge >= 0.3 is 5.97 Å². The molecular formula is C22H24N2O4S. The van der Waals surface area contributed by atoms with Crippen LogP contribution in [0.2, 0.25) is 0 Å². The molecule has 0 fully saturated rings. The summed E-state index contributed by atoms with van der Waals surface area (Å²) >= 11 is 1.44. The van der Waals surface area contributed by atoms with Crippen molar-refractivity contribution in [3.8, 4) is 10.6 Å². The van der Waals surface area contributed by atoms with Crippen LogP contribution < -0.4 is 0 Å². The number of benzene rings is 1. The zero-order valence-corrected chi connectivity index (χ0v) is 18.0. The summed E-state index contributed by atoms with van der Waals surface area (Å²) in [5, 5.41) is 2.57. The molecule has 0 aliphatic rings. The molecule has 0 atom stereocenters. The number of furan rings is 1. The number of esters is 1. The number of hydrogen-bond donors (Lipinski definition) is 0. The molecule has 1 amide bonds. The molecule has 0 bridgehead atoms. The number of ether oxygens (including phenoxy) is 1. The fourth-order valence-electron chi connectivity index (χ4n) is 2.95. The van der Waals surface area contributed by atoms with Crippen LogP contribution in [-0.4, -0.2) is 35.9 Å². The normalized spacial score (nSPS) is 11.0. The van der Waals surface area contributed by atoms with Crippen LogP contribution in [0, 0.1) is 6.92 Å². The zero-order valence-electron chi connectivity index (χ0n) is 17.2. The van der Waals surface area contributed by atoms with Gasteiger partial charge < -0.3 is 14.1 Å². The highest BCUT2D eigenvalue weighted by Crippen LogP contribution is 2.26. The summed E-state index contributed by atoms with van der Waals surface area (Å²) in [4.78, 5) is 30.5. The van der Waals surface area contributed by atoms with Gasteiger partial charge in [0.1, 0.15) is 27.8 Å². The number of hydrogen-bond acceptors (Lipinski definition) is 6. The van der Waals surface area contributed by atoms with Crippen molar-refractivity contribution in [1.29, 1.82) is 0 Å². The van der Waals surface area contributed by atoms with Crippen LogP contribution in [0.4, 0.5) is 0 Å². The first kappa shape index (κ1) is 20.8. The Balaban J connectivity index is 1.71. The number of thiazole rings is 1. The standard InChI is InChI=1S/C22H24N2O4S/c1-13(2)15-6-8-16(9-7-15)20-23-19(12-29-20)21(25)24(4)11-17-10-18(14(3)28-17)22(26)27-5/h6-10,12-13H,11H2,1-5H3. The monoisotopic (exact) mass is 412 g/mol. The van der Waals surface area contributed by atoms with Gasteiger partial charge in [-0.1, -0.05) is 38.1 Å². The van der Waals surface area contributed by atoms with E-state index in [-0.39, 0.29) is 12.5 Å². The smallest absolute Gasteiger partial charge is 0.341 e. The lowest BCUT2D eigenvalue weighted by molar-refractivity contribution is 0.0598. The van der Waals surface area contributed by atoms with E-state index < -0.39 is 5.97 Å². The zero-order chi connectivity index (χ0) is 21.1. The van der Waals surface area contributed by atoms with Crippen LogP contribution >= 0.6 is 11.3 Å². The van der Waals surface area contributed by atoms with Gasteiger partial charge in [-0.25, -0.2) is 9.78 Å². The van der Waals surface area contributed by atoms with Crippen molar-refractivity contribution < 1.29 is 18.7 Å². The Hall–Kier alpha value is -2.93. The van der Waals surface area contributed by atoms with E-state index >= 15 is 0 Å². The van der Waals surface area contributed by atoms with Crippen LogP contribution in [0.25, 0.3) is 10.6 Å². The molecule has 3 rings (SSSR count). The van der Waals surface area contributed by atoms with E-state index in [2.05, 4.69) is 31.0 Å². The lowest BCUT2D eigenvalue weighted by atomic mass is 10.0. The molecule has 1 aromatic carbocycles. The predicted octanol–water partition coefficient (Wildman–Crippen LogP) is 4.89. The third kappa shape index (κ3) is 4.56. The van der Waals surface area contributed by atoms with Crippen molar-refractivity contribution in [1.82, 2.24) is 9.88 Å². The van der Waals surface area contributed by atoms with Crippen molar-refractivity contribution in [2.75, 3.05) is 14.2 Å². The van der Waals surface area contributed by atoms with Gasteiger partial charge in [0.15, 0.2) is 0 Å². The number of aromatic nitrogens is 1. The molecule has 6 nitrogen and oxygen atoms in total. The van der Waals surface area contributed by atoms with E-state index in [9.17, 15) is 9.59 Å². The molecule has 7 heteroatoms. The van der Waals surface area contributed by atoms with E-state index in [1.807, 2.05) is 12.1 Å². The Bertz CT molecular complexity index is 1020. The third-order valence-electron chi connectivity index (χ3n) is 4.66. The lowest BCUT2D eigenvalue weighted by Crippen LogP contribution is -2.26. The molecule has 0 saturated heterocycles. The third-order valence-corrected chi connectivity index (χ3v) is 5.55. The first-order chi connectivity index (χ1) is 13.8. The summed E-state index contributed by atoms with van der Waals surface area (Å²) in [5.74, 6) is 0.780. The van der Waals surface area contributed by atoms with Crippen LogP contribution in [0.3, 0.4) is 0 Å². The van der Waals surface area contributed by atoms with Gasteiger partial charge in [-0.3, -0.25) is 4.79 Å². The van der Waals surface area contributed by atoms with Gasteiger partial charge in [0.2, 0.25) is 0 Å². The van der Waals surface area contributed by atoms with Gasteiger partial charge in [0, 0.05) is 18.0 Å². The van der Waals surface area contributed by atoms with Crippen LogP contribution in [0.5, 0.6) is 0 Å². The molecule has 0 aliphatic carbocycles. The summed E-state index contributed by atoms with van der Waals surface area (Å²) in [6.45, 7) is 6.22. The molecule has 2 heterocycles. The molecule has 0 aliphatic heterocycles. The summed E-state index contributed by atoms with van der Waals surface area (Å²) in [5.41, 5.74) is 3.01. The van der Waals surface area contributed by atoms with Gasteiger partial charge in [0.05, 0.1) is 13.7 Å². The van der Waals surface area contributed by atoms with Crippen LogP contribution in [0.15, 0.2) is 40.1 Å². The number of nitrogens with zero attached hydrogens (tertiary/aromatic N) is 2. The number of amides is 1. The van der Waals surface area contributed by atoms with Crippen molar-refractivity contribution in [2.45, 2.75) is 33.2 Å². The van der Waals surface area contributed by atoms with Crippen LogP contribution in [0.1, 0.15) is 57.7 Å². The van der Waals surface area contributed by atoms with Crippen LogP contribution in [-0.2, 0) is 11.3 Å². The highest BCUT2D eigenvalue weighted by atomic mass is 32.1. The second kappa shape index (κ2) is 8.61. The summed E-state index contributed by atoms with van der Waals surface area (Å²) < 4.78 is 10.3. The average molecular weight is 413 g/mol. The highest BCUT2D eigenvalue weighted by Gasteiger charge is 2.20. The molecule has 0 radical (unpaired) electrons. The molecule has 0 saturated carbocycles. The minimum Gasteiger partial charge on any atom is -0.465 e. The number of carbonyl (C=O) groups is 2. The number of methoxy groups -OCH3 is 1. The molecular weight excluding hydrogens is 388 g/mol.